The summed E-state index contributed by atoms with van der Waals surface area (Å²) in [5.41, 5.74) is 0. The number of aliphatic hydroxyl groups excluding tert-OH is 1. The quantitative estimate of drug-likeness (QED) is 0.242. The summed E-state index contributed by atoms with van der Waals surface area (Å²) in [6, 6.07) is 0. The first-order chi connectivity index (χ1) is 9.22. The second kappa shape index (κ2) is 13.4. The standard InChI is InChI=1S/C15H28O4/c1-3-4-5-6-7-9-12-18-14(2)15(17)19-13-10-8-11-16/h16H,2-13H2,1H3. The van der Waals surface area contributed by atoms with Crippen LogP contribution in [0.2, 0.25) is 0 Å². The van der Waals surface area contributed by atoms with Crippen LogP contribution in [0.5, 0.6) is 0 Å². The highest BCUT2D eigenvalue weighted by molar-refractivity contribution is 5.85. The van der Waals surface area contributed by atoms with E-state index in [0.717, 1.165) is 12.8 Å². The highest BCUT2D eigenvalue weighted by atomic mass is 16.6. The van der Waals surface area contributed by atoms with E-state index >= 15 is 0 Å². The Kier molecular flexibility index (Phi) is 12.7. The first-order valence-corrected chi connectivity index (χ1v) is 7.32. The SMILES string of the molecule is C=C(OCCCCCCCC)C(=O)OCCCCO. The fourth-order valence-corrected chi connectivity index (χ4v) is 1.60. The maximum Gasteiger partial charge on any atom is 0.372 e. The van der Waals surface area contributed by atoms with Gasteiger partial charge in [0.25, 0.3) is 0 Å². The molecule has 0 rings (SSSR count). The van der Waals surface area contributed by atoms with E-state index in [9.17, 15) is 4.79 Å². The second-order valence-corrected chi connectivity index (χ2v) is 4.61. The summed E-state index contributed by atoms with van der Waals surface area (Å²) < 4.78 is 10.2. The molecule has 0 fully saturated rings. The van der Waals surface area contributed by atoms with Gasteiger partial charge in [0.15, 0.2) is 5.76 Å². The van der Waals surface area contributed by atoms with Crippen LogP contribution in [0.1, 0.15) is 58.3 Å². The van der Waals surface area contributed by atoms with Crippen LogP contribution in [0, 0.1) is 0 Å². The maximum absolute atomic E-state index is 11.4. The fraction of sp³-hybridized carbons (Fsp3) is 0.800. The van der Waals surface area contributed by atoms with Crippen molar-refractivity contribution < 1.29 is 19.4 Å². The van der Waals surface area contributed by atoms with Crippen molar-refractivity contribution in [2.24, 2.45) is 0 Å². The van der Waals surface area contributed by atoms with Gasteiger partial charge in [0.05, 0.1) is 13.2 Å². The van der Waals surface area contributed by atoms with Crippen LogP contribution in [0.3, 0.4) is 0 Å². The molecule has 0 heterocycles. The molecule has 0 unspecified atom stereocenters. The summed E-state index contributed by atoms with van der Waals surface area (Å²) in [6.45, 7) is 6.70. The highest BCUT2D eigenvalue weighted by Gasteiger charge is 2.09. The number of carbonyl (C=O) groups excluding carboxylic acids is 1. The van der Waals surface area contributed by atoms with Crippen LogP contribution < -0.4 is 0 Å². The monoisotopic (exact) mass is 272 g/mol. The Hall–Kier alpha value is -1.03. The lowest BCUT2D eigenvalue weighted by Crippen LogP contribution is -2.11. The van der Waals surface area contributed by atoms with Crippen LogP contribution in [-0.4, -0.2) is 30.9 Å². The molecule has 0 aromatic heterocycles. The zero-order valence-corrected chi connectivity index (χ0v) is 12.2. The third kappa shape index (κ3) is 11.8. The molecule has 4 nitrogen and oxygen atoms in total. The molecule has 0 aliphatic heterocycles. The Morgan fingerprint density at radius 3 is 2.21 bits per heavy atom. The van der Waals surface area contributed by atoms with Crippen LogP contribution in [0.4, 0.5) is 0 Å². The van der Waals surface area contributed by atoms with Gasteiger partial charge in [0.1, 0.15) is 0 Å². The molecule has 0 aliphatic carbocycles. The van der Waals surface area contributed by atoms with E-state index in [1.54, 1.807) is 0 Å². The predicted molar refractivity (Wildman–Crippen MR) is 75.7 cm³/mol. The molecule has 1 N–H and O–H groups in total. The zero-order valence-electron chi connectivity index (χ0n) is 12.2. The van der Waals surface area contributed by atoms with Crippen molar-refractivity contribution in [3.05, 3.63) is 12.3 Å². The zero-order chi connectivity index (χ0) is 14.3. The van der Waals surface area contributed by atoms with Crippen molar-refractivity contribution >= 4 is 5.97 Å². The summed E-state index contributed by atoms with van der Waals surface area (Å²) in [5, 5.41) is 8.58. The molecular formula is C15H28O4. The third-order valence-electron chi connectivity index (χ3n) is 2.79. The molecule has 0 aliphatic rings. The Morgan fingerprint density at radius 1 is 0.947 bits per heavy atom. The fourth-order valence-electron chi connectivity index (χ4n) is 1.60. The lowest BCUT2D eigenvalue weighted by atomic mass is 10.1. The molecule has 112 valence electrons. The van der Waals surface area contributed by atoms with Gasteiger partial charge in [-0.3, -0.25) is 0 Å². The Bertz CT molecular complexity index is 238. The van der Waals surface area contributed by atoms with Gasteiger partial charge in [-0.15, -0.1) is 0 Å². The minimum Gasteiger partial charge on any atom is -0.487 e. The van der Waals surface area contributed by atoms with Crippen molar-refractivity contribution in [3.63, 3.8) is 0 Å². The molecule has 0 saturated carbocycles. The summed E-state index contributed by atoms with van der Waals surface area (Å²) in [6.07, 6.45) is 8.38. The van der Waals surface area contributed by atoms with Crippen molar-refractivity contribution in [3.8, 4) is 0 Å². The topological polar surface area (TPSA) is 55.8 Å². The van der Waals surface area contributed by atoms with Crippen molar-refractivity contribution in [2.45, 2.75) is 58.3 Å². The van der Waals surface area contributed by atoms with E-state index in [2.05, 4.69) is 13.5 Å². The number of aliphatic hydroxyl groups is 1. The van der Waals surface area contributed by atoms with Crippen LogP contribution in [0.25, 0.3) is 0 Å². The van der Waals surface area contributed by atoms with Crippen molar-refractivity contribution in [1.29, 1.82) is 0 Å². The molecular weight excluding hydrogens is 244 g/mol. The Morgan fingerprint density at radius 2 is 1.53 bits per heavy atom. The molecule has 0 radical (unpaired) electrons. The maximum atomic E-state index is 11.4. The molecule has 0 aromatic carbocycles. The average Bonchev–Trinajstić information content (AvgIpc) is 2.42. The molecule has 19 heavy (non-hydrogen) atoms. The largest absolute Gasteiger partial charge is 0.487 e. The number of unbranched alkanes of at least 4 members (excludes halogenated alkanes) is 6. The van der Waals surface area contributed by atoms with Gasteiger partial charge in [-0.25, -0.2) is 4.79 Å². The molecule has 0 aromatic rings. The van der Waals surface area contributed by atoms with Crippen LogP contribution >= 0.6 is 0 Å². The van der Waals surface area contributed by atoms with Crippen molar-refractivity contribution in [1.82, 2.24) is 0 Å². The van der Waals surface area contributed by atoms with Gasteiger partial charge in [-0.05, 0) is 25.8 Å². The van der Waals surface area contributed by atoms with E-state index in [4.69, 9.17) is 14.6 Å². The van der Waals surface area contributed by atoms with Gasteiger partial charge < -0.3 is 14.6 Å². The minimum absolute atomic E-state index is 0.0811. The number of rotatable bonds is 13. The number of carbonyl (C=O) groups is 1. The molecule has 4 heteroatoms. The van der Waals surface area contributed by atoms with Gasteiger partial charge in [0.2, 0.25) is 0 Å². The molecule has 0 spiro atoms. The number of ether oxygens (including phenoxy) is 2. The lowest BCUT2D eigenvalue weighted by molar-refractivity contribution is -0.143. The van der Waals surface area contributed by atoms with E-state index < -0.39 is 5.97 Å². The number of hydrogen-bond acceptors (Lipinski definition) is 4. The average molecular weight is 272 g/mol. The normalized spacial score (nSPS) is 10.2. The summed E-state index contributed by atoms with van der Waals surface area (Å²) in [7, 11) is 0. The highest BCUT2D eigenvalue weighted by Crippen LogP contribution is 2.06. The van der Waals surface area contributed by atoms with Gasteiger partial charge in [-0.2, -0.15) is 0 Å². The Balaban J connectivity index is 3.39. The van der Waals surface area contributed by atoms with E-state index in [0.29, 0.717) is 26.1 Å². The van der Waals surface area contributed by atoms with E-state index in [-0.39, 0.29) is 12.4 Å². The second-order valence-electron chi connectivity index (χ2n) is 4.61. The molecule has 0 atom stereocenters. The van der Waals surface area contributed by atoms with Gasteiger partial charge >= 0.3 is 5.97 Å². The summed E-state index contributed by atoms with van der Waals surface area (Å²) in [4.78, 5) is 11.4. The van der Waals surface area contributed by atoms with Gasteiger partial charge in [-0.1, -0.05) is 39.0 Å². The summed E-state index contributed by atoms with van der Waals surface area (Å²) >= 11 is 0. The lowest BCUT2D eigenvalue weighted by Gasteiger charge is -2.08. The first-order valence-electron chi connectivity index (χ1n) is 7.32. The van der Waals surface area contributed by atoms with E-state index in [1.807, 2.05) is 0 Å². The molecule has 0 bridgehead atoms. The number of esters is 1. The molecule has 0 amide bonds. The predicted octanol–water partition coefficient (Wildman–Crippen LogP) is 3.19. The van der Waals surface area contributed by atoms with Crippen LogP contribution in [0.15, 0.2) is 12.3 Å². The Labute approximate surface area is 116 Å². The van der Waals surface area contributed by atoms with Crippen LogP contribution in [-0.2, 0) is 14.3 Å². The number of hydrogen-bond donors (Lipinski definition) is 1. The first kappa shape index (κ1) is 18.0. The smallest absolute Gasteiger partial charge is 0.372 e. The minimum atomic E-state index is -0.496. The van der Waals surface area contributed by atoms with Crippen molar-refractivity contribution in [2.75, 3.05) is 19.8 Å². The van der Waals surface area contributed by atoms with Gasteiger partial charge in [0, 0.05) is 6.61 Å². The summed E-state index contributed by atoms with van der Waals surface area (Å²) in [5.74, 6) is -0.415. The van der Waals surface area contributed by atoms with E-state index in [1.165, 1.54) is 25.7 Å². The third-order valence-corrected chi connectivity index (χ3v) is 2.79. The molecule has 0 saturated heterocycles.